The Morgan fingerprint density at radius 1 is 0.941 bits per heavy atom. The van der Waals surface area contributed by atoms with Crippen molar-refractivity contribution in [2.45, 2.75) is 53.0 Å². The quantitative estimate of drug-likeness (QED) is 0.643. The van der Waals surface area contributed by atoms with Gasteiger partial charge in [-0.15, -0.1) is 0 Å². The van der Waals surface area contributed by atoms with Gasteiger partial charge in [0.2, 0.25) is 0 Å². The van der Waals surface area contributed by atoms with E-state index in [1.54, 1.807) is 0 Å². The third-order valence-electron chi connectivity index (χ3n) is 3.31. The van der Waals surface area contributed by atoms with Crippen molar-refractivity contribution in [2.24, 2.45) is 0 Å². The van der Waals surface area contributed by atoms with Gasteiger partial charge in [0.1, 0.15) is 0 Å². The summed E-state index contributed by atoms with van der Waals surface area (Å²) in [7, 11) is 0. The van der Waals surface area contributed by atoms with Gasteiger partial charge in [0.25, 0.3) is 0 Å². The molecular formula is C16H27N. The maximum absolute atomic E-state index is 2.61. The van der Waals surface area contributed by atoms with Gasteiger partial charge in [0.05, 0.1) is 0 Å². The molecule has 0 amide bonds. The molecule has 0 spiro atoms. The van der Waals surface area contributed by atoms with Crippen LogP contribution in [0.3, 0.4) is 0 Å². The van der Waals surface area contributed by atoms with Crippen LogP contribution in [0.5, 0.6) is 0 Å². The second-order valence-corrected chi connectivity index (χ2v) is 4.91. The van der Waals surface area contributed by atoms with Crippen LogP contribution in [0.15, 0.2) is 24.3 Å². The van der Waals surface area contributed by atoms with E-state index < -0.39 is 0 Å². The molecule has 1 aromatic rings. The van der Waals surface area contributed by atoms with Crippen LogP contribution in [0.4, 0.5) is 0 Å². The summed E-state index contributed by atoms with van der Waals surface area (Å²) in [5, 5.41) is 0. The van der Waals surface area contributed by atoms with Crippen molar-refractivity contribution in [3.8, 4) is 0 Å². The number of unbranched alkanes of at least 4 members (excludes halogenated alkanes) is 2. The van der Waals surface area contributed by atoms with Gasteiger partial charge < -0.3 is 0 Å². The fourth-order valence-electron chi connectivity index (χ4n) is 2.06. The molecule has 1 aromatic carbocycles. The average Bonchev–Trinajstić information content (AvgIpc) is 2.35. The van der Waals surface area contributed by atoms with Gasteiger partial charge in [0.15, 0.2) is 0 Å². The van der Waals surface area contributed by atoms with Crippen molar-refractivity contribution in [3.63, 3.8) is 0 Å². The minimum Gasteiger partial charge on any atom is -0.299 e. The second kappa shape index (κ2) is 8.30. The molecule has 0 aliphatic carbocycles. The number of nitrogens with zero attached hydrogens (tertiary/aromatic N) is 1. The van der Waals surface area contributed by atoms with E-state index in [2.05, 4.69) is 49.9 Å². The molecule has 17 heavy (non-hydrogen) atoms. The molecule has 96 valence electrons. The van der Waals surface area contributed by atoms with E-state index in [0.29, 0.717) is 0 Å². The van der Waals surface area contributed by atoms with Crippen molar-refractivity contribution in [1.82, 2.24) is 4.90 Å². The summed E-state index contributed by atoms with van der Waals surface area (Å²) in [6.07, 6.45) is 5.21. The van der Waals surface area contributed by atoms with Gasteiger partial charge >= 0.3 is 0 Å². The maximum Gasteiger partial charge on any atom is 0.0236 e. The molecule has 1 heteroatoms. The fourth-order valence-corrected chi connectivity index (χ4v) is 2.06. The van der Waals surface area contributed by atoms with Gasteiger partial charge in [0, 0.05) is 6.54 Å². The number of hydrogen-bond donors (Lipinski definition) is 0. The minimum absolute atomic E-state index is 1.12. The first-order valence-corrected chi connectivity index (χ1v) is 7.04. The normalized spacial score (nSPS) is 11.1. The van der Waals surface area contributed by atoms with Crippen LogP contribution in [0.2, 0.25) is 0 Å². The Morgan fingerprint density at radius 3 is 2.06 bits per heavy atom. The van der Waals surface area contributed by atoms with E-state index in [-0.39, 0.29) is 0 Å². The SMILES string of the molecule is CCCCN(CCCC)Cc1ccccc1C. The second-order valence-electron chi connectivity index (χ2n) is 4.91. The highest BCUT2D eigenvalue weighted by Crippen LogP contribution is 2.11. The predicted octanol–water partition coefficient (Wildman–Crippen LogP) is 4.40. The van der Waals surface area contributed by atoms with E-state index in [1.807, 2.05) is 0 Å². The number of rotatable bonds is 8. The topological polar surface area (TPSA) is 3.24 Å². The number of aryl methyl sites for hydroxylation is 1. The molecule has 0 atom stereocenters. The molecule has 0 aromatic heterocycles. The summed E-state index contributed by atoms with van der Waals surface area (Å²) in [5.41, 5.74) is 2.91. The van der Waals surface area contributed by atoms with E-state index in [1.165, 1.54) is 49.9 Å². The Bertz CT molecular complexity index is 298. The van der Waals surface area contributed by atoms with Gasteiger partial charge in [-0.25, -0.2) is 0 Å². The van der Waals surface area contributed by atoms with Crippen LogP contribution in [0.25, 0.3) is 0 Å². The molecule has 0 unspecified atom stereocenters. The lowest BCUT2D eigenvalue weighted by molar-refractivity contribution is 0.256. The molecule has 0 saturated carbocycles. The lowest BCUT2D eigenvalue weighted by Crippen LogP contribution is -2.25. The predicted molar refractivity (Wildman–Crippen MR) is 76.3 cm³/mol. The highest BCUT2D eigenvalue weighted by Gasteiger charge is 2.06. The first kappa shape index (κ1) is 14.2. The summed E-state index contributed by atoms with van der Waals surface area (Å²) >= 11 is 0. The molecule has 0 bridgehead atoms. The summed E-state index contributed by atoms with van der Waals surface area (Å²) in [6, 6.07) is 8.76. The average molecular weight is 233 g/mol. The molecule has 0 radical (unpaired) electrons. The largest absolute Gasteiger partial charge is 0.299 e. The van der Waals surface area contributed by atoms with Crippen LogP contribution < -0.4 is 0 Å². The molecule has 0 aliphatic heterocycles. The molecule has 0 fully saturated rings. The van der Waals surface area contributed by atoms with Crippen molar-refractivity contribution in [1.29, 1.82) is 0 Å². The van der Waals surface area contributed by atoms with Crippen LogP contribution in [0.1, 0.15) is 50.7 Å². The minimum atomic E-state index is 1.12. The Morgan fingerprint density at radius 2 is 1.53 bits per heavy atom. The number of benzene rings is 1. The summed E-state index contributed by atoms with van der Waals surface area (Å²) in [6.45, 7) is 10.4. The van der Waals surface area contributed by atoms with E-state index in [4.69, 9.17) is 0 Å². The third kappa shape index (κ3) is 5.36. The lowest BCUT2D eigenvalue weighted by Gasteiger charge is -2.22. The molecule has 0 saturated heterocycles. The van der Waals surface area contributed by atoms with Crippen molar-refractivity contribution in [3.05, 3.63) is 35.4 Å². The zero-order valence-electron chi connectivity index (χ0n) is 11.7. The standard InChI is InChI=1S/C16H27N/c1-4-6-12-17(13-7-5-2)14-16-11-9-8-10-15(16)3/h8-11H,4-7,12-14H2,1-3H3. The van der Waals surface area contributed by atoms with Gasteiger partial charge in [-0.3, -0.25) is 4.90 Å². The van der Waals surface area contributed by atoms with Crippen LogP contribution >= 0.6 is 0 Å². The molecule has 0 aliphatic rings. The van der Waals surface area contributed by atoms with Crippen molar-refractivity contribution in [2.75, 3.05) is 13.1 Å². The number of hydrogen-bond acceptors (Lipinski definition) is 1. The molecular weight excluding hydrogens is 206 g/mol. The summed E-state index contributed by atoms with van der Waals surface area (Å²) < 4.78 is 0. The maximum atomic E-state index is 2.61. The smallest absolute Gasteiger partial charge is 0.0236 e. The Balaban J connectivity index is 2.55. The molecule has 0 N–H and O–H groups in total. The first-order chi connectivity index (χ1) is 8.27. The first-order valence-electron chi connectivity index (χ1n) is 7.04. The molecule has 1 nitrogen and oxygen atoms in total. The lowest BCUT2D eigenvalue weighted by atomic mass is 10.1. The Labute approximate surface area is 107 Å². The zero-order valence-corrected chi connectivity index (χ0v) is 11.7. The highest BCUT2D eigenvalue weighted by molar-refractivity contribution is 5.25. The van der Waals surface area contributed by atoms with Crippen LogP contribution in [-0.4, -0.2) is 18.0 Å². The van der Waals surface area contributed by atoms with Gasteiger partial charge in [-0.2, -0.15) is 0 Å². The van der Waals surface area contributed by atoms with E-state index in [9.17, 15) is 0 Å². The van der Waals surface area contributed by atoms with Crippen LogP contribution in [0, 0.1) is 6.92 Å². The summed E-state index contributed by atoms with van der Waals surface area (Å²) in [4.78, 5) is 2.61. The summed E-state index contributed by atoms with van der Waals surface area (Å²) in [5.74, 6) is 0. The zero-order chi connectivity index (χ0) is 12.5. The highest BCUT2D eigenvalue weighted by atomic mass is 15.1. The van der Waals surface area contributed by atoms with E-state index in [0.717, 1.165) is 6.54 Å². The molecule has 0 heterocycles. The van der Waals surface area contributed by atoms with Crippen LogP contribution in [-0.2, 0) is 6.54 Å². The third-order valence-corrected chi connectivity index (χ3v) is 3.31. The van der Waals surface area contributed by atoms with E-state index >= 15 is 0 Å². The van der Waals surface area contributed by atoms with Gasteiger partial charge in [-0.1, -0.05) is 51.0 Å². The monoisotopic (exact) mass is 233 g/mol. The van der Waals surface area contributed by atoms with Gasteiger partial charge in [-0.05, 0) is 44.0 Å². The Kier molecular flexibility index (Phi) is 6.95. The molecule has 1 rings (SSSR count). The Hall–Kier alpha value is -0.820. The van der Waals surface area contributed by atoms with Crippen molar-refractivity contribution < 1.29 is 0 Å². The van der Waals surface area contributed by atoms with Crippen molar-refractivity contribution >= 4 is 0 Å². The fraction of sp³-hybridized carbons (Fsp3) is 0.625.